The molecule has 4 atom stereocenters. The highest BCUT2D eigenvalue weighted by Gasteiger charge is 2.31. The van der Waals surface area contributed by atoms with Crippen LogP contribution in [0.25, 0.3) is 11.1 Å². The van der Waals surface area contributed by atoms with Crippen molar-refractivity contribution in [3.63, 3.8) is 0 Å². The number of primary amides is 1. The third kappa shape index (κ3) is 10.4. The van der Waals surface area contributed by atoms with Crippen molar-refractivity contribution in [2.75, 3.05) is 13.2 Å². The summed E-state index contributed by atoms with van der Waals surface area (Å²) < 4.78 is 5.54. The highest BCUT2D eigenvalue weighted by atomic mass is 16.5. The summed E-state index contributed by atoms with van der Waals surface area (Å²) in [6.45, 7) is 2.17. The van der Waals surface area contributed by atoms with Gasteiger partial charge in [0.05, 0.1) is 13.0 Å². The van der Waals surface area contributed by atoms with Crippen molar-refractivity contribution in [2.24, 2.45) is 5.73 Å². The van der Waals surface area contributed by atoms with Gasteiger partial charge in [0, 0.05) is 12.3 Å². The fraction of sp³-hybridized carbons (Fsp3) is 0.306. The van der Waals surface area contributed by atoms with Gasteiger partial charge in [-0.1, -0.05) is 78.9 Å². The molecule has 0 heterocycles. The van der Waals surface area contributed by atoms with Crippen LogP contribution in [-0.2, 0) is 39.9 Å². The standard InChI is InChI=1S/C36H40N6O9/c1-20(32(45)42-29(35(48)49)17-30(37)43)39-31(44)18-38-34(47)28(16-22-10-4-3-5-11-22)41-33(46)21(2)40-36(50)51-19-27-25-14-8-6-12-23(25)24-13-7-9-15-26(24)27/h3-15,20-21,27-29H,16-19H2,1-2H3,(H2,37,43)(H,38,47)(H,39,44)(H,40,50)(H,41,46)(H,42,45)(H,48,49)/t20-,21-,28-,29-/m0/s1. The maximum absolute atomic E-state index is 13.2. The first-order chi connectivity index (χ1) is 24.3. The average Bonchev–Trinajstić information content (AvgIpc) is 3.42. The van der Waals surface area contributed by atoms with Gasteiger partial charge in [0.15, 0.2) is 0 Å². The van der Waals surface area contributed by atoms with Crippen LogP contribution in [0.3, 0.4) is 0 Å². The predicted octanol–water partition coefficient (Wildman–Crippen LogP) is 0.707. The van der Waals surface area contributed by atoms with Crippen LogP contribution in [-0.4, -0.2) is 84.0 Å². The van der Waals surface area contributed by atoms with Crippen molar-refractivity contribution in [3.05, 3.63) is 95.6 Å². The summed E-state index contributed by atoms with van der Waals surface area (Å²) in [5.74, 6) is -5.69. The largest absolute Gasteiger partial charge is 0.480 e. The molecule has 0 fully saturated rings. The molecule has 4 rings (SSSR count). The first-order valence-electron chi connectivity index (χ1n) is 16.2. The number of carbonyl (C=O) groups is 7. The molecule has 0 bridgehead atoms. The normalized spacial score (nSPS) is 13.9. The zero-order valence-corrected chi connectivity index (χ0v) is 28.0. The maximum Gasteiger partial charge on any atom is 0.407 e. The number of rotatable bonds is 16. The molecule has 15 heteroatoms. The van der Waals surface area contributed by atoms with Gasteiger partial charge < -0.3 is 42.2 Å². The smallest absolute Gasteiger partial charge is 0.407 e. The predicted molar refractivity (Wildman–Crippen MR) is 184 cm³/mol. The maximum atomic E-state index is 13.2. The molecule has 3 aromatic carbocycles. The number of carbonyl (C=O) groups excluding carboxylic acids is 6. The number of nitrogens with two attached hydrogens (primary N) is 1. The second kappa shape index (κ2) is 17.4. The lowest BCUT2D eigenvalue weighted by Gasteiger charge is -2.22. The average molecular weight is 701 g/mol. The second-order valence-electron chi connectivity index (χ2n) is 12.0. The molecule has 0 spiro atoms. The Bertz CT molecular complexity index is 1740. The van der Waals surface area contributed by atoms with Crippen LogP contribution in [0.15, 0.2) is 78.9 Å². The van der Waals surface area contributed by atoms with Crippen LogP contribution in [0.4, 0.5) is 4.79 Å². The lowest BCUT2D eigenvalue weighted by atomic mass is 9.98. The van der Waals surface area contributed by atoms with E-state index in [1.54, 1.807) is 30.3 Å². The van der Waals surface area contributed by atoms with Crippen molar-refractivity contribution >= 4 is 41.6 Å². The third-order valence-electron chi connectivity index (χ3n) is 8.20. The molecule has 0 radical (unpaired) electrons. The van der Waals surface area contributed by atoms with Gasteiger partial charge in [-0.25, -0.2) is 9.59 Å². The van der Waals surface area contributed by atoms with Crippen molar-refractivity contribution in [2.45, 2.75) is 56.8 Å². The van der Waals surface area contributed by atoms with Crippen molar-refractivity contribution < 1.29 is 43.4 Å². The van der Waals surface area contributed by atoms with Gasteiger partial charge in [0.2, 0.25) is 29.5 Å². The van der Waals surface area contributed by atoms with E-state index in [2.05, 4.69) is 26.6 Å². The molecule has 1 aliphatic carbocycles. The molecule has 268 valence electrons. The van der Waals surface area contributed by atoms with Crippen molar-refractivity contribution in [1.29, 1.82) is 0 Å². The number of ether oxygens (including phenoxy) is 1. The topological polar surface area (TPSA) is 235 Å². The Kier molecular flexibility index (Phi) is 12.8. The molecule has 6 amide bonds. The minimum absolute atomic E-state index is 0.0447. The molecular formula is C36H40N6O9. The van der Waals surface area contributed by atoms with Gasteiger partial charge in [-0.15, -0.1) is 0 Å². The van der Waals surface area contributed by atoms with E-state index in [0.717, 1.165) is 22.3 Å². The van der Waals surface area contributed by atoms with E-state index in [-0.39, 0.29) is 18.9 Å². The lowest BCUT2D eigenvalue weighted by Crippen LogP contribution is -2.55. The highest BCUT2D eigenvalue weighted by Crippen LogP contribution is 2.44. The van der Waals surface area contributed by atoms with Crippen LogP contribution in [0.1, 0.15) is 42.9 Å². The van der Waals surface area contributed by atoms with Crippen LogP contribution in [0.2, 0.25) is 0 Å². The summed E-state index contributed by atoms with van der Waals surface area (Å²) in [4.78, 5) is 86.5. The first kappa shape index (κ1) is 37.6. The van der Waals surface area contributed by atoms with E-state index in [0.29, 0.717) is 5.56 Å². The Morgan fingerprint density at radius 1 is 0.706 bits per heavy atom. The summed E-state index contributed by atoms with van der Waals surface area (Å²) in [6.07, 6.45) is -1.42. The number of carboxylic acids is 1. The summed E-state index contributed by atoms with van der Waals surface area (Å²) in [7, 11) is 0. The number of aliphatic carboxylic acids is 1. The van der Waals surface area contributed by atoms with Crippen LogP contribution in [0.5, 0.6) is 0 Å². The van der Waals surface area contributed by atoms with Crippen molar-refractivity contribution in [1.82, 2.24) is 26.6 Å². The van der Waals surface area contributed by atoms with Gasteiger partial charge in [-0.05, 0) is 41.7 Å². The Labute approximate surface area is 293 Å². The minimum atomic E-state index is -1.59. The molecule has 1 aliphatic rings. The fourth-order valence-electron chi connectivity index (χ4n) is 5.58. The molecule has 0 unspecified atom stereocenters. The van der Waals surface area contributed by atoms with E-state index in [9.17, 15) is 38.7 Å². The molecule has 51 heavy (non-hydrogen) atoms. The van der Waals surface area contributed by atoms with Gasteiger partial charge >= 0.3 is 12.1 Å². The van der Waals surface area contributed by atoms with E-state index < -0.39 is 78.7 Å². The Balaban J connectivity index is 1.31. The van der Waals surface area contributed by atoms with E-state index in [1.165, 1.54) is 13.8 Å². The zero-order chi connectivity index (χ0) is 37.1. The molecule has 0 aromatic heterocycles. The van der Waals surface area contributed by atoms with E-state index in [4.69, 9.17) is 10.5 Å². The summed E-state index contributed by atoms with van der Waals surface area (Å²) >= 11 is 0. The molecule has 0 saturated heterocycles. The Hall–Kier alpha value is -6.25. The number of hydrogen-bond acceptors (Lipinski definition) is 8. The highest BCUT2D eigenvalue weighted by molar-refractivity contribution is 5.95. The lowest BCUT2D eigenvalue weighted by molar-refractivity contribution is -0.143. The Morgan fingerprint density at radius 2 is 1.24 bits per heavy atom. The van der Waals surface area contributed by atoms with Crippen LogP contribution < -0.4 is 32.3 Å². The first-order valence-corrected chi connectivity index (χ1v) is 16.2. The second-order valence-corrected chi connectivity index (χ2v) is 12.0. The van der Waals surface area contributed by atoms with Gasteiger partial charge in [-0.2, -0.15) is 0 Å². The molecule has 3 aromatic rings. The number of hydrogen-bond donors (Lipinski definition) is 7. The summed E-state index contributed by atoms with van der Waals surface area (Å²) in [6, 6.07) is 19.5. The van der Waals surface area contributed by atoms with Gasteiger partial charge in [0.1, 0.15) is 30.8 Å². The number of nitrogens with one attached hydrogen (secondary N) is 5. The number of fused-ring (bicyclic) bond motifs is 3. The number of carboxylic acid groups (broad SMARTS) is 1. The molecule has 0 aliphatic heterocycles. The molecule has 8 N–H and O–H groups in total. The van der Waals surface area contributed by atoms with E-state index in [1.807, 2.05) is 48.5 Å². The zero-order valence-electron chi connectivity index (χ0n) is 28.0. The summed E-state index contributed by atoms with van der Waals surface area (Å²) in [5, 5.41) is 21.2. The fourth-order valence-corrected chi connectivity index (χ4v) is 5.58. The van der Waals surface area contributed by atoms with E-state index >= 15 is 0 Å². The van der Waals surface area contributed by atoms with Gasteiger partial charge in [0.25, 0.3) is 0 Å². The van der Waals surface area contributed by atoms with Crippen molar-refractivity contribution in [3.8, 4) is 11.1 Å². The van der Waals surface area contributed by atoms with Crippen LogP contribution >= 0.6 is 0 Å². The quantitative estimate of drug-likeness (QED) is 0.111. The summed E-state index contributed by atoms with van der Waals surface area (Å²) in [5.41, 5.74) is 9.93. The Morgan fingerprint density at radius 3 is 1.80 bits per heavy atom. The third-order valence-corrected chi connectivity index (χ3v) is 8.20. The molecule has 0 saturated carbocycles. The minimum Gasteiger partial charge on any atom is -0.480 e. The SMILES string of the molecule is C[C@H](NC(=O)CNC(=O)[C@H](Cc1ccccc1)NC(=O)[C@H](C)NC(=O)OCC1c2ccccc2-c2ccccc21)C(=O)N[C@@H](CC(N)=O)C(=O)O. The molecule has 15 nitrogen and oxygen atoms in total. The number of benzene rings is 3. The monoisotopic (exact) mass is 700 g/mol. The number of alkyl carbamates (subject to hydrolysis) is 1. The number of amides is 6. The molecular weight excluding hydrogens is 660 g/mol. The van der Waals surface area contributed by atoms with Gasteiger partial charge in [-0.3, -0.25) is 24.0 Å². The van der Waals surface area contributed by atoms with Crippen LogP contribution in [0, 0.1) is 0 Å².